The molecule has 1 saturated carbocycles. The van der Waals surface area contributed by atoms with E-state index in [9.17, 15) is 9.59 Å². The second-order valence-corrected chi connectivity index (χ2v) is 18.9. The number of fused-ring (bicyclic) bond motifs is 3. The van der Waals surface area contributed by atoms with Crippen molar-refractivity contribution in [3.8, 4) is 17.2 Å². The van der Waals surface area contributed by atoms with Crippen LogP contribution in [0.3, 0.4) is 0 Å². The van der Waals surface area contributed by atoms with Crippen molar-refractivity contribution in [1.29, 1.82) is 5.26 Å². The summed E-state index contributed by atoms with van der Waals surface area (Å²) in [6.07, 6.45) is 3.10. The van der Waals surface area contributed by atoms with Crippen molar-refractivity contribution in [2.45, 2.75) is 121 Å². The Labute approximate surface area is 302 Å². The van der Waals surface area contributed by atoms with Gasteiger partial charge >= 0.3 is 5.97 Å². The molecule has 1 amide bonds. The summed E-state index contributed by atoms with van der Waals surface area (Å²) in [7, 11) is 1.66. The fourth-order valence-electron chi connectivity index (χ4n) is 6.29. The number of ether oxygens (including phenoxy) is 1. The highest BCUT2D eigenvalue weighted by molar-refractivity contribution is 8.77. The van der Waals surface area contributed by atoms with E-state index in [2.05, 4.69) is 88.8 Å². The topological polar surface area (TPSA) is 127 Å². The fraction of sp³-hybridized carbons (Fsp3) is 0.595. The molecule has 1 unspecified atom stereocenters. The van der Waals surface area contributed by atoms with E-state index in [1.165, 1.54) is 10.8 Å². The molecule has 49 heavy (non-hydrogen) atoms. The van der Waals surface area contributed by atoms with Gasteiger partial charge in [0, 0.05) is 34.5 Å². The lowest BCUT2D eigenvalue weighted by Crippen LogP contribution is -2.63. The van der Waals surface area contributed by atoms with Gasteiger partial charge < -0.3 is 24.8 Å². The average Bonchev–Trinajstić information content (AvgIpc) is 3.37. The third-order valence-electron chi connectivity index (χ3n) is 8.62. The summed E-state index contributed by atoms with van der Waals surface area (Å²) in [4.78, 5) is 27.8. The van der Waals surface area contributed by atoms with Gasteiger partial charge in [0.15, 0.2) is 0 Å². The van der Waals surface area contributed by atoms with Crippen molar-refractivity contribution < 1.29 is 23.4 Å². The molecule has 0 heterocycles. The molecular formula is C37H53N4O5PS2. The van der Waals surface area contributed by atoms with Crippen molar-refractivity contribution in [3.05, 3.63) is 59.7 Å². The van der Waals surface area contributed by atoms with Gasteiger partial charge in [-0.05, 0) is 75.6 Å². The van der Waals surface area contributed by atoms with Crippen molar-refractivity contribution in [2.24, 2.45) is 5.73 Å². The molecule has 0 aliphatic heterocycles. The maximum atomic E-state index is 13.9. The van der Waals surface area contributed by atoms with Gasteiger partial charge in [-0.1, -0.05) is 90.9 Å². The zero-order valence-corrected chi connectivity index (χ0v) is 32.5. The first-order valence-corrected chi connectivity index (χ1v) is 20.7. The van der Waals surface area contributed by atoms with Crippen LogP contribution >= 0.6 is 30.1 Å². The zero-order chi connectivity index (χ0) is 35.8. The van der Waals surface area contributed by atoms with E-state index >= 15 is 0 Å². The summed E-state index contributed by atoms with van der Waals surface area (Å²) in [6.45, 7) is 15.1. The Morgan fingerprint density at radius 3 is 2.10 bits per heavy atom. The van der Waals surface area contributed by atoms with Gasteiger partial charge in [-0.3, -0.25) is 4.79 Å². The van der Waals surface area contributed by atoms with Gasteiger partial charge in [0.25, 0.3) is 14.4 Å². The van der Waals surface area contributed by atoms with E-state index < -0.39 is 25.9 Å². The number of carbonyl (C=O) groups is 2. The molecule has 0 aromatic heterocycles. The first kappa shape index (κ1) is 39.6. The number of esters is 1. The molecule has 2 aliphatic carbocycles. The van der Waals surface area contributed by atoms with Gasteiger partial charge in [0.2, 0.25) is 5.54 Å². The van der Waals surface area contributed by atoms with E-state index in [1.54, 1.807) is 10.8 Å². The molecule has 2 atom stereocenters. The van der Waals surface area contributed by atoms with Gasteiger partial charge in [-0.2, -0.15) is 5.26 Å². The van der Waals surface area contributed by atoms with Crippen LogP contribution in [0.1, 0.15) is 97.6 Å². The van der Waals surface area contributed by atoms with Gasteiger partial charge in [0.05, 0.1) is 25.2 Å². The molecule has 4 rings (SSSR count). The van der Waals surface area contributed by atoms with E-state index in [4.69, 9.17) is 24.8 Å². The fourth-order valence-corrected chi connectivity index (χ4v) is 10.7. The number of hydrogen-bond donors (Lipinski definition) is 2. The molecule has 0 spiro atoms. The Morgan fingerprint density at radius 2 is 1.57 bits per heavy atom. The number of rotatable bonds is 16. The van der Waals surface area contributed by atoms with Crippen LogP contribution in [-0.2, 0) is 23.4 Å². The van der Waals surface area contributed by atoms with Crippen molar-refractivity contribution in [2.75, 3.05) is 19.0 Å². The Morgan fingerprint density at radius 1 is 1.00 bits per heavy atom. The van der Waals surface area contributed by atoms with Gasteiger partial charge in [-0.25, -0.2) is 9.46 Å². The lowest BCUT2D eigenvalue weighted by molar-refractivity contribution is -0.154. The molecule has 0 bridgehead atoms. The number of nitriles is 1. The third-order valence-corrected chi connectivity index (χ3v) is 14.2. The van der Waals surface area contributed by atoms with Gasteiger partial charge in [-0.15, -0.1) is 0 Å². The average molecular weight is 729 g/mol. The highest BCUT2D eigenvalue weighted by Gasteiger charge is 2.46. The Kier molecular flexibility index (Phi) is 14.4. The second kappa shape index (κ2) is 17.9. The summed E-state index contributed by atoms with van der Waals surface area (Å²) in [5.41, 5.74) is 9.37. The number of benzene rings is 2. The van der Waals surface area contributed by atoms with E-state index in [1.807, 2.05) is 24.3 Å². The summed E-state index contributed by atoms with van der Waals surface area (Å²) >= 11 is 0. The van der Waals surface area contributed by atoms with Crippen LogP contribution in [-0.4, -0.2) is 70.0 Å². The standard InChI is InChI=1S/C37H53N4O5PS2/c1-25(2)41(26(3)4)47(45-22-12-21-38)46-28-19-17-27(18-20-28)40-34(42)37(39,24-48-49-36(5,6)7)35(43)44-23-33-31-15-10-8-13-29(31)30-14-9-11-16-32(30)33/h8-11,13-16,25-28,33H,12,17-20,22-24,39H2,1-7H3,(H,40,42)/t27-,28-,37-,47?/m0/s1. The number of nitrogens with zero attached hydrogens (tertiary/aromatic N) is 2. The molecular weight excluding hydrogens is 676 g/mol. The number of nitrogens with one attached hydrogen (secondary N) is 1. The molecule has 2 aromatic carbocycles. The Bertz CT molecular complexity index is 1400. The molecule has 0 radical (unpaired) electrons. The van der Waals surface area contributed by atoms with Crippen LogP contribution in [0.5, 0.6) is 0 Å². The lowest BCUT2D eigenvalue weighted by Gasteiger charge is -2.39. The molecule has 268 valence electrons. The van der Waals surface area contributed by atoms with Crippen LogP contribution in [0.15, 0.2) is 48.5 Å². The highest BCUT2D eigenvalue weighted by Crippen LogP contribution is 2.49. The summed E-state index contributed by atoms with van der Waals surface area (Å²) in [5, 5.41) is 12.1. The predicted molar refractivity (Wildman–Crippen MR) is 202 cm³/mol. The molecule has 12 heteroatoms. The quantitative estimate of drug-likeness (QED) is 0.0578. The van der Waals surface area contributed by atoms with Crippen LogP contribution in [0, 0.1) is 11.3 Å². The minimum absolute atomic E-state index is 0.0372. The first-order valence-electron chi connectivity index (χ1n) is 17.3. The highest BCUT2D eigenvalue weighted by atomic mass is 33.1. The van der Waals surface area contributed by atoms with E-state index in [0.29, 0.717) is 25.9 Å². The third kappa shape index (κ3) is 10.4. The number of carbonyl (C=O) groups excluding carboxylic acids is 2. The summed E-state index contributed by atoms with van der Waals surface area (Å²) in [6, 6.07) is 18.8. The number of amides is 1. The molecule has 1 fully saturated rings. The van der Waals surface area contributed by atoms with Gasteiger partial charge in [0.1, 0.15) is 6.61 Å². The summed E-state index contributed by atoms with van der Waals surface area (Å²) < 4.78 is 20.7. The molecule has 2 aromatic rings. The van der Waals surface area contributed by atoms with Crippen molar-refractivity contribution in [1.82, 2.24) is 9.99 Å². The Balaban J connectivity index is 1.41. The smallest absolute Gasteiger partial charge is 0.336 e. The molecule has 9 nitrogen and oxygen atoms in total. The van der Waals surface area contributed by atoms with Crippen LogP contribution in [0.2, 0.25) is 0 Å². The summed E-state index contributed by atoms with van der Waals surface area (Å²) in [5.74, 6) is -1.27. The lowest BCUT2D eigenvalue weighted by atomic mass is 9.92. The minimum atomic E-state index is -1.86. The largest absolute Gasteiger partial charge is 0.463 e. The molecule has 2 aliphatic rings. The normalized spacial score (nSPS) is 19.6. The Hall–Kier alpha value is -2.16. The zero-order valence-electron chi connectivity index (χ0n) is 29.9. The van der Waals surface area contributed by atoms with E-state index in [0.717, 1.165) is 35.1 Å². The number of hydrogen-bond acceptors (Lipinski definition) is 10. The van der Waals surface area contributed by atoms with Crippen LogP contribution in [0.25, 0.3) is 11.1 Å². The maximum Gasteiger partial charge on any atom is 0.336 e. The van der Waals surface area contributed by atoms with Crippen molar-refractivity contribution >= 4 is 42.0 Å². The van der Waals surface area contributed by atoms with Crippen LogP contribution in [0.4, 0.5) is 0 Å². The van der Waals surface area contributed by atoms with Crippen LogP contribution < -0.4 is 11.1 Å². The molecule has 0 saturated heterocycles. The predicted octanol–water partition coefficient (Wildman–Crippen LogP) is 7.94. The maximum absolute atomic E-state index is 13.9. The first-order chi connectivity index (χ1) is 23.2. The van der Waals surface area contributed by atoms with E-state index in [-0.39, 0.29) is 47.3 Å². The number of nitrogens with two attached hydrogens (primary N) is 1. The second-order valence-electron chi connectivity index (χ2n) is 14.4. The SMILES string of the molecule is CC(C)N(C(C)C)P(OCCC#N)O[C@H]1CC[C@H](NC(=O)[C@@](N)(CSSC(C)(C)C)C(=O)OCC2c3ccccc3-c3ccccc32)CC1. The monoisotopic (exact) mass is 728 g/mol. The van der Waals surface area contributed by atoms with Crippen molar-refractivity contribution in [3.63, 3.8) is 0 Å². The minimum Gasteiger partial charge on any atom is -0.463 e. The molecule has 3 N–H and O–H groups in total.